The highest BCUT2D eigenvalue weighted by atomic mass is 15.2. The Morgan fingerprint density at radius 3 is 1.75 bits per heavy atom. The molecule has 0 saturated heterocycles. The molecule has 7 aromatic carbocycles. The highest BCUT2D eigenvalue weighted by molar-refractivity contribution is 6.33. The van der Waals surface area contributed by atoms with Gasteiger partial charge in [-0.2, -0.15) is 15.2 Å². The lowest BCUT2D eigenvalue weighted by Gasteiger charge is -2.24. The van der Waals surface area contributed by atoms with Crippen LogP contribution in [0.5, 0.6) is 0 Å². The van der Waals surface area contributed by atoms with Gasteiger partial charge in [0.25, 0.3) is 0 Å². The number of para-hydroxylation sites is 3. The van der Waals surface area contributed by atoms with E-state index in [9.17, 15) is 5.26 Å². The lowest BCUT2D eigenvalue weighted by Crippen LogP contribution is -2.17. The molecule has 0 amide bonds. The van der Waals surface area contributed by atoms with Gasteiger partial charge in [-0.1, -0.05) is 123 Å². The van der Waals surface area contributed by atoms with Crippen LogP contribution in [-0.2, 0) is 5.41 Å². The third kappa shape index (κ3) is 4.38. The van der Waals surface area contributed by atoms with E-state index in [1.807, 2.05) is 54.6 Å². The van der Waals surface area contributed by atoms with Crippen molar-refractivity contribution in [3.63, 3.8) is 0 Å². The summed E-state index contributed by atoms with van der Waals surface area (Å²) < 4.78 is 4.75. The second kappa shape index (κ2) is 11.6. The minimum absolute atomic E-state index is 0.331. The zero-order valence-corrected chi connectivity index (χ0v) is 30.2. The molecule has 11 rings (SSSR count). The van der Waals surface area contributed by atoms with Crippen LogP contribution in [-0.4, -0.2) is 24.1 Å². The lowest BCUT2D eigenvalue weighted by atomic mass is 9.81. The molecule has 3 heterocycles. The molecule has 10 aromatic rings. The molecule has 1 aliphatic carbocycles. The van der Waals surface area contributed by atoms with Crippen LogP contribution in [0, 0.1) is 11.3 Å². The maximum absolute atomic E-state index is 9.56. The Morgan fingerprint density at radius 1 is 0.527 bits per heavy atom. The average molecular weight is 705 g/mol. The third-order valence-electron chi connectivity index (χ3n) is 11.4. The molecule has 0 bridgehead atoms. The van der Waals surface area contributed by atoms with Crippen molar-refractivity contribution in [1.82, 2.24) is 24.1 Å². The molecule has 0 aliphatic heterocycles. The van der Waals surface area contributed by atoms with E-state index in [2.05, 4.69) is 132 Å². The Kier molecular flexibility index (Phi) is 6.56. The number of nitrogens with zero attached hydrogens (tertiary/aromatic N) is 6. The number of hydrogen-bond donors (Lipinski definition) is 0. The van der Waals surface area contributed by atoms with Gasteiger partial charge in [0.2, 0.25) is 5.95 Å². The molecule has 6 heteroatoms. The van der Waals surface area contributed by atoms with Crippen molar-refractivity contribution in [1.29, 1.82) is 5.26 Å². The van der Waals surface area contributed by atoms with Gasteiger partial charge in [-0.3, -0.25) is 4.57 Å². The predicted octanol–water partition coefficient (Wildman–Crippen LogP) is 11.6. The fourth-order valence-corrected chi connectivity index (χ4v) is 9.00. The quantitative estimate of drug-likeness (QED) is 0.183. The van der Waals surface area contributed by atoms with Gasteiger partial charge in [0.15, 0.2) is 11.6 Å². The summed E-state index contributed by atoms with van der Waals surface area (Å²) in [5.41, 5.74) is 12.5. The fraction of sp³-hybridized carbons (Fsp3) is 0.0612. The summed E-state index contributed by atoms with van der Waals surface area (Å²) in [7, 11) is 0. The molecule has 1 aliphatic rings. The molecule has 6 nitrogen and oxygen atoms in total. The van der Waals surface area contributed by atoms with Crippen LogP contribution in [0.25, 0.3) is 89.2 Å². The van der Waals surface area contributed by atoms with Gasteiger partial charge < -0.3 is 4.57 Å². The molecular formula is C49H32N6. The van der Waals surface area contributed by atoms with Crippen molar-refractivity contribution < 1.29 is 0 Å². The van der Waals surface area contributed by atoms with Gasteiger partial charge in [0, 0.05) is 49.3 Å². The number of rotatable bonds is 4. The van der Waals surface area contributed by atoms with Crippen LogP contribution in [0.2, 0.25) is 0 Å². The number of aromatic nitrogens is 5. The first kappa shape index (κ1) is 31.2. The number of hydrogen-bond acceptors (Lipinski definition) is 4. The van der Waals surface area contributed by atoms with E-state index in [1.165, 1.54) is 43.9 Å². The monoisotopic (exact) mass is 704 g/mol. The van der Waals surface area contributed by atoms with Crippen molar-refractivity contribution in [3.8, 4) is 51.6 Å². The molecule has 0 spiro atoms. The first-order valence-electron chi connectivity index (χ1n) is 18.5. The van der Waals surface area contributed by atoms with E-state index in [0.717, 1.165) is 38.8 Å². The molecule has 55 heavy (non-hydrogen) atoms. The zero-order valence-electron chi connectivity index (χ0n) is 30.2. The van der Waals surface area contributed by atoms with E-state index >= 15 is 0 Å². The Hall–Kier alpha value is -7.36. The van der Waals surface area contributed by atoms with Gasteiger partial charge in [0.1, 0.15) is 0 Å². The van der Waals surface area contributed by atoms with Gasteiger partial charge in [-0.05, 0) is 65.2 Å². The highest BCUT2D eigenvalue weighted by Gasteiger charge is 2.42. The number of benzene rings is 7. The van der Waals surface area contributed by atoms with E-state index in [1.54, 1.807) is 0 Å². The molecule has 258 valence electrons. The van der Waals surface area contributed by atoms with Crippen LogP contribution in [0.4, 0.5) is 0 Å². The summed E-state index contributed by atoms with van der Waals surface area (Å²) in [6.07, 6.45) is 0. The second-order valence-corrected chi connectivity index (χ2v) is 14.7. The second-order valence-electron chi connectivity index (χ2n) is 14.7. The van der Waals surface area contributed by atoms with E-state index < -0.39 is 0 Å². The average Bonchev–Trinajstić information content (AvgIpc) is 3.85. The lowest BCUT2D eigenvalue weighted by molar-refractivity contribution is 0.664. The maximum Gasteiger partial charge on any atom is 0.238 e. The Balaban J connectivity index is 1.38. The Morgan fingerprint density at radius 2 is 1.07 bits per heavy atom. The van der Waals surface area contributed by atoms with Crippen LogP contribution in [0.1, 0.15) is 30.5 Å². The standard InChI is InChI=1S/C49H32N6/c1-49(2)37-22-12-9-19-34(37)42-43(49)45-41(35-20-10-13-23-38(35)54(45)33-17-7-4-8-18-33)40-36-21-11-14-24-39(36)55(44(40)42)48-52-46(31-15-5-3-6-16-31)51-47(53-48)32-27-25-30(29-50)26-28-32/h3-28H,1-2H3. The van der Waals surface area contributed by atoms with Crippen LogP contribution in [0.15, 0.2) is 158 Å². The van der Waals surface area contributed by atoms with Gasteiger partial charge in [0.05, 0.1) is 33.7 Å². The van der Waals surface area contributed by atoms with Crippen molar-refractivity contribution in [2.75, 3.05) is 0 Å². The summed E-state index contributed by atoms with van der Waals surface area (Å²) in [6.45, 7) is 4.73. The minimum Gasteiger partial charge on any atom is -0.309 e. The largest absolute Gasteiger partial charge is 0.309 e. The van der Waals surface area contributed by atoms with Crippen molar-refractivity contribution in [3.05, 3.63) is 174 Å². The van der Waals surface area contributed by atoms with Crippen molar-refractivity contribution in [2.24, 2.45) is 0 Å². The predicted molar refractivity (Wildman–Crippen MR) is 222 cm³/mol. The molecule has 0 unspecified atom stereocenters. The van der Waals surface area contributed by atoms with E-state index in [-0.39, 0.29) is 5.41 Å². The molecule has 0 N–H and O–H groups in total. The van der Waals surface area contributed by atoms with Crippen LogP contribution < -0.4 is 0 Å². The summed E-state index contributed by atoms with van der Waals surface area (Å²) in [6, 6.07) is 56.8. The number of nitriles is 1. The Bertz CT molecular complexity index is 3220. The highest BCUT2D eigenvalue weighted by Crippen LogP contribution is 2.58. The van der Waals surface area contributed by atoms with Gasteiger partial charge >= 0.3 is 0 Å². The topological polar surface area (TPSA) is 72.3 Å². The van der Waals surface area contributed by atoms with E-state index in [0.29, 0.717) is 23.2 Å². The van der Waals surface area contributed by atoms with Crippen molar-refractivity contribution >= 4 is 43.6 Å². The Labute approximate surface area is 317 Å². The first-order chi connectivity index (χ1) is 27.0. The maximum atomic E-state index is 9.56. The molecule has 0 radical (unpaired) electrons. The first-order valence-corrected chi connectivity index (χ1v) is 18.5. The summed E-state index contributed by atoms with van der Waals surface area (Å²) >= 11 is 0. The van der Waals surface area contributed by atoms with Crippen LogP contribution in [0.3, 0.4) is 0 Å². The normalized spacial score (nSPS) is 13.0. The smallest absolute Gasteiger partial charge is 0.238 e. The number of fused-ring (bicyclic) bond motifs is 12. The summed E-state index contributed by atoms with van der Waals surface area (Å²) in [5, 5.41) is 14.3. The minimum atomic E-state index is -0.331. The molecular weight excluding hydrogens is 673 g/mol. The molecule has 0 saturated carbocycles. The third-order valence-corrected chi connectivity index (χ3v) is 11.4. The van der Waals surface area contributed by atoms with Crippen LogP contribution >= 0.6 is 0 Å². The molecule has 0 atom stereocenters. The molecule has 3 aromatic heterocycles. The molecule has 0 fully saturated rings. The zero-order chi connectivity index (χ0) is 36.8. The SMILES string of the molecule is CC1(C)c2ccccc2-c2c1c1c(c3ccccc3n1-c1ccccc1)c1c3ccccc3n(-c3nc(-c4ccccc4)nc(-c4ccc(C#N)cc4)n3)c21. The van der Waals surface area contributed by atoms with E-state index in [4.69, 9.17) is 15.0 Å². The van der Waals surface area contributed by atoms with Gasteiger partial charge in [-0.25, -0.2) is 4.98 Å². The summed E-state index contributed by atoms with van der Waals surface area (Å²) in [4.78, 5) is 15.6. The summed E-state index contributed by atoms with van der Waals surface area (Å²) in [5.74, 6) is 1.66. The van der Waals surface area contributed by atoms with Gasteiger partial charge in [-0.15, -0.1) is 0 Å². The van der Waals surface area contributed by atoms with Crippen molar-refractivity contribution in [2.45, 2.75) is 19.3 Å². The fourth-order valence-electron chi connectivity index (χ4n) is 9.00.